The molecule has 0 fully saturated rings. The number of nitrogens with one attached hydrogen (secondary N) is 1. The molecule has 0 saturated heterocycles. The normalized spacial score (nSPS) is 12.9. The highest BCUT2D eigenvalue weighted by Crippen LogP contribution is 2.22. The van der Waals surface area contributed by atoms with E-state index in [2.05, 4.69) is 40.2 Å². The summed E-state index contributed by atoms with van der Waals surface area (Å²) < 4.78 is 8.09. The van der Waals surface area contributed by atoms with Gasteiger partial charge in [-0.25, -0.2) is 0 Å². The lowest BCUT2D eigenvalue weighted by Crippen LogP contribution is -2.36. The van der Waals surface area contributed by atoms with Crippen LogP contribution in [0.2, 0.25) is 0 Å². The molecule has 5 nitrogen and oxygen atoms in total. The molecular weight excluding hydrogens is 298 g/mol. The third-order valence-corrected chi connectivity index (χ3v) is 3.76. The fourth-order valence-electron chi connectivity index (χ4n) is 1.80. The van der Waals surface area contributed by atoms with Gasteiger partial charge in [0, 0.05) is 20.2 Å². The van der Waals surface area contributed by atoms with E-state index in [1.165, 1.54) is 0 Å². The van der Waals surface area contributed by atoms with Crippen molar-refractivity contribution in [3.05, 3.63) is 15.9 Å². The van der Waals surface area contributed by atoms with Crippen LogP contribution in [-0.2, 0) is 24.2 Å². The van der Waals surface area contributed by atoms with Crippen molar-refractivity contribution in [1.82, 2.24) is 15.1 Å². The highest BCUT2D eigenvalue weighted by Gasteiger charge is 2.15. The van der Waals surface area contributed by atoms with E-state index in [1.807, 2.05) is 4.68 Å². The van der Waals surface area contributed by atoms with E-state index in [9.17, 15) is 5.11 Å². The fraction of sp³-hybridized carbons (Fsp3) is 0.750. The molecule has 0 aliphatic rings. The third kappa shape index (κ3) is 3.78. The lowest BCUT2D eigenvalue weighted by molar-refractivity contribution is 0.127. The first-order chi connectivity index (χ1) is 8.67. The first-order valence-corrected chi connectivity index (χ1v) is 7.04. The molecular formula is C12H22BrN3O2. The Bertz CT molecular complexity index is 368. The molecule has 6 heteroatoms. The molecule has 1 rings (SSSR count). The van der Waals surface area contributed by atoms with E-state index in [4.69, 9.17) is 4.74 Å². The summed E-state index contributed by atoms with van der Waals surface area (Å²) in [5.41, 5.74) is 2.19. The Kier molecular flexibility index (Phi) is 6.85. The Morgan fingerprint density at radius 1 is 1.50 bits per heavy atom. The number of rotatable bonds is 8. The van der Waals surface area contributed by atoms with Gasteiger partial charge in [0.2, 0.25) is 0 Å². The molecule has 0 spiro atoms. The molecule has 0 amide bonds. The van der Waals surface area contributed by atoms with Crippen LogP contribution >= 0.6 is 15.9 Å². The molecule has 0 radical (unpaired) electrons. The van der Waals surface area contributed by atoms with Crippen molar-refractivity contribution in [3.8, 4) is 0 Å². The number of nitrogens with zero attached hydrogens (tertiary/aromatic N) is 2. The molecule has 18 heavy (non-hydrogen) atoms. The van der Waals surface area contributed by atoms with Crippen LogP contribution in [0.1, 0.15) is 25.2 Å². The highest BCUT2D eigenvalue weighted by molar-refractivity contribution is 9.10. The molecule has 1 unspecified atom stereocenters. The average molecular weight is 320 g/mol. The van der Waals surface area contributed by atoms with Gasteiger partial charge in [0.1, 0.15) is 0 Å². The molecule has 104 valence electrons. The number of aryl methyl sites for hydroxylation is 2. The number of methoxy groups -OCH3 is 1. The maximum absolute atomic E-state index is 9.21. The average Bonchev–Trinajstić information content (AvgIpc) is 2.70. The third-order valence-electron chi connectivity index (χ3n) is 2.84. The van der Waals surface area contributed by atoms with Gasteiger partial charge in [-0.2, -0.15) is 5.10 Å². The van der Waals surface area contributed by atoms with E-state index in [0.717, 1.165) is 28.8 Å². The summed E-state index contributed by atoms with van der Waals surface area (Å²) in [5, 5.41) is 17.0. The molecule has 1 atom stereocenters. The van der Waals surface area contributed by atoms with Crippen LogP contribution in [0.25, 0.3) is 0 Å². The highest BCUT2D eigenvalue weighted by atomic mass is 79.9. The summed E-state index contributed by atoms with van der Waals surface area (Å²) in [6.07, 6.45) is 0.905. The summed E-state index contributed by atoms with van der Waals surface area (Å²) in [5.74, 6) is 0. The zero-order valence-electron chi connectivity index (χ0n) is 11.2. The summed E-state index contributed by atoms with van der Waals surface area (Å²) in [4.78, 5) is 0. The van der Waals surface area contributed by atoms with E-state index < -0.39 is 0 Å². The predicted octanol–water partition coefficient (Wildman–Crippen LogP) is 1.32. The van der Waals surface area contributed by atoms with Crippen LogP contribution in [-0.4, -0.2) is 41.3 Å². The minimum atomic E-state index is -0.0489. The van der Waals surface area contributed by atoms with Gasteiger partial charge in [-0.3, -0.25) is 4.68 Å². The zero-order chi connectivity index (χ0) is 13.5. The lowest BCUT2D eigenvalue weighted by atomic mass is 10.2. The lowest BCUT2D eigenvalue weighted by Gasteiger charge is -2.15. The van der Waals surface area contributed by atoms with E-state index >= 15 is 0 Å². The minimum absolute atomic E-state index is 0.0489. The summed E-state index contributed by atoms with van der Waals surface area (Å²) >= 11 is 3.60. The van der Waals surface area contributed by atoms with Gasteiger partial charge < -0.3 is 15.2 Å². The van der Waals surface area contributed by atoms with Crippen LogP contribution in [0, 0.1) is 0 Å². The Balaban J connectivity index is 2.73. The van der Waals surface area contributed by atoms with E-state index in [0.29, 0.717) is 13.2 Å². The van der Waals surface area contributed by atoms with Crippen molar-refractivity contribution in [2.24, 2.45) is 0 Å². The van der Waals surface area contributed by atoms with Gasteiger partial charge in [-0.15, -0.1) is 0 Å². The minimum Gasteiger partial charge on any atom is -0.395 e. The maximum Gasteiger partial charge on any atom is 0.0767 e. The van der Waals surface area contributed by atoms with Crippen molar-refractivity contribution < 1.29 is 9.84 Å². The Morgan fingerprint density at radius 2 is 2.22 bits per heavy atom. The smallest absolute Gasteiger partial charge is 0.0767 e. The molecule has 1 aromatic rings. The molecule has 0 aliphatic heterocycles. The summed E-state index contributed by atoms with van der Waals surface area (Å²) in [6.45, 7) is 6.22. The molecule has 2 N–H and O–H groups in total. The first kappa shape index (κ1) is 15.6. The number of hydrogen-bond acceptors (Lipinski definition) is 4. The standard InChI is InChI=1S/C12H22BrN3O2/c1-4-10-12(13)11(16(5-2)15-10)6-14-9(7-17)8-18-3/h9,14,17H,4-8H2,1-3H3. The van der Waals surface area contributed by atoms with Crippen LogP contribution in [0.3, 0.4) is 0 Å². The number of halogens is 1. The van der Waals surface area contributed by atoms with Gasteiger partial charge >= 0.3 is 0 Å². The topological polar surface area (TPSA) is 59.3 Å². The molecule has 0 aromatic carbocycles. The van der Waals surface area contributed by atoms with Gasteiger partial charge in [0.25, 0.3) is 0 Å². The predicted molar refractivity (Wildman–Crippen MR) is 74.6 cm³/mol. The van der Waals surface area contributed by atoms with E-state index in [-0.39, 0.29) is 12.6 Å². The molecule has 1 aromatic heterocycles. The van der Waals surface area contributed by atoms with Crippen molar-refractivity contribution in [2.45, 2.75) is 39.4 Å². The number of aromatic nitrogens is 2. The molecule has 0 saturated carbocycles. The first-order valence-electron chi connectivity index (χ1n) is 6.25. The van der Waals surface area contributed by atoms with Crippen LogP contribution in [0.5, 0.6) is 0 Å². The number of aliphatic hydroxyl groups excluding tert-OH is 1. The molecule has 0 aliphatic carbocycles. The Morgan fingerprint density at radius 3 is 2.72 bits per heavy atom. The van der Waals surface area contributed by atoms with Crippen LogP contribution in [0.15, 0.2) is 4.47 Å². The molecule has 1 heterocycles. The Labute approximate surface area is 117 Å². The van der Waals surface area contributed by atoms with Gasteiger partial charge in [-0.1, -0.05) is 6.92 Å². The second-order valence-electron chi connectivity index (χ2n) is 4.09. The summed E-state index contributed by atoms with van der Waals surface area (Å²) in [7, 11) is 1.63. The molecule has 0 bridgehead atoms. The van der Waals surface area contributed by atoms with Crippen molar-refractivity contribution in [1.29, 1.82) is 0 Å². The summed E-state index contributed by atoms with van der Waals surface area (Å²) in [6, 6.07) is -0.0489. The number of hydrogen-bond donors (Lipinski definition) is 2. The Hall–Kier alpha value is -0.430. The number of aliphatic hydroxyl groups is 1. The fourth-order valence-corrected chi connectivity index (χ4v) is 2.51. The van der Waals surface area contributed by atoms with Gasteiger partial charge in [0.15, 0.2) is 0 Å². The van der Waals surface area contributed by atoms with Crippen LogP contribution in [0.4, 0.5) is 0 Å². The maximum atomic E-state index is 9.21. The second kappa shape index (κ2) is 7.89. The van der Waals surface area contributed by atoms with Crippen molar-refractivity contribution in [3.63, 3.8) is 0 Å². The van der Waals surface area contributed by atoms with Gasteiger partial charge in [-0.05, 0) is 29.3 Å². The monoisotopic (exact) mass is 319 g/mol. The van der Waals surface area contributed by atoms with E-state index in [1.54, 1.807) is 7.11 Å². The number of ether oxygens (including phenoxy) is 1. The van der Waals surface area contributed by atoms with Crippen molar-refractivity contribution in [2.75, 3.05) is 20.3 Å². The zero-order valence-corrected chi connectivity index (χ0v) is 12.8. The second-order valence-corrected chi connectivity index (χ2v) is 4.89. The largest absolute Gasteiger partial charge is 0.395 e. The van der Waals surface area contributed by atoms with Crippen LogP contribution < -0.4 is 5.32 Å². The quantitative estimate of drug-likeness (QED) is 0.759. The van der Waals surface area contributed by atoms with Crippen molar-refractivity contribution >= 4 is 15.9 Å². The SMILES string of the molecule is CCc1nn(CC)c(CNC(CO)COC)c1Br. The van der Waals surface area contributed by atoms with Gasteiger partial charge in [0.05, 0.1) is 35.1 Å².